The second-order valence-corrected chi connectivity index (χ2v) is 5.25. The Balaban J connectivity index is 2.11. The second-order valence-electron chi connectivity index (χ2n) is 5.25. The van der Waals surface area contributed by atoms with Gasteiger partial charge in [0, 0.05) is 0 Å². The molecule has 1 aromatic rings. The highest BCUT2D eigenvalue weighted by molar-refractivity contribution is 5.31. The van der Waals surface area contributed by atoms with E-state index in [1.165, 1.54) is 0 Å². The zero-order valence-corrected chi connectivity index (χ0v) is 10.2. The fourth-order valence-electron chi connectivity index (χ4n) is 2.23. The molecule has 0 saturated heterocycles. The first-order valence-corrected chi connectivity index (χ1v) is 5.95. The van der Waals surface area contributed by atoms with Crippen LogP contribution in [0, 0.1) is 11.3 Å². The Morgan fingerprint density at radius 2 is 2.19 bits per heavy atom. The SMILES string of the molecule is CCOc1cccc(C(O)C2CC2(C)C)c1. The van der Waals surface area contributed by atoms with Crippen LogP contribution < -0.4 is 4.74 Å². The standard InChI is InChI=1S/C14H20O2/c1-4-16-11-7-5-6-10(8-11)13(15)12-9-14(12,2)3/h5-8,12-13,15H,4,9H2,1-3H3. The van der Waals surface area contributed by atoms with Crippen molar-refractivity contribution in [3.05, 3.63) is 29.8 Å². The summed E-state index contributed by atoms with van der Waals surface area (Å²) in [7, 11) is 0. The summed E-state index contributed by atoms with van der Waals surface area (Å²) < 4.78 is 5.44. The van der Waals surface area contributed by atoms with Crippen molar-refractivity contribution in [1.82, 2.24) is 0 Å². The first-order valence-electron chi connectivity index (χ1n) is 5.95. The normalized spacial score (nSPS) is 23.9. The second kappa shape index (κ2) is 4.10. The van der Waals surface area contributed by atoms with Gasteiger partial charge >= 0.3 is 0 Å². The van der Waals surface area contributed by atoms with Crippen LogP contribution in [0.15, 0.2) is 24.3 Å². The Bertz CT molecular complexity index is 371. The summed E-state index contributed by atoms with van der Waals surface area (Å²) in [5.41, 5.74) is 1.27. The lowest BCUT2D eigenvalue weighted by Gasteiger charge is -2.14. The summed E-state index contributed by atoms with van der Waals surface area (Å²) in [6.07, 6.45) is 0.753. The number of benzene rings is 1. The van der Waals surface area contributed by atoms with E-state index in [0.29, 0.717) is 17.9 Å². The average molecular weight is 220 g/mol. The maximum Gasteiger partial charge on any atom is 0.119 e. The molecule has 16 heavy (non-hydrogen) atoms. The predicted molar refractivity (Wildman–Crippen MR) is 64.5 cm³/mol. The van der Waals surface area contributed by atoms with E-state index in [0.717, 1.165) is 17.7 Å². The number of rotatable bonds is 4. The van der Waals surface area contributed by atoms with Crippen molar-refractivity contribution in [2.24, 2.45) is 11.3 Å². The van der Waals surface area contributed by atoms with Gasteiger partial charge in [0.25, 0.3) is 0 Å². The zero-order valence-electron chi connectivity index (χ0n) is 10.2. The third-order valence-electron chi connectivity index (χ3n) is 3.48. The van der Waals surface area contributed by atoms with Gasteiger partial charge in [0.2, 0.25) is 0 Å². The van der Waals surface area contributed by atoms with E-state index >= 15 is 0 Å². The molecule has 2 heteroatoms. The van der Waals surface area contributed by atoms with Crippen molar-refractivity contribution < 1.29 is 9.84 Å². The molecule has 0 heterocycles. The molecule has 0 bridgehead atoms. The minimum Gasteiger partial charge on any atom is -0.494 e. The van der Waals surface area contributed by atoms with Crippen molar-refractivity contribution >= 4 is 0 Å². The van der Waals surface area contributed by atoms with Gasteiger partial charge in [-0.2, -0.15) is 0 Å². The van der Waals surface area contributed by atoms with Crippen molar-refractivity contribution in [3.8, 4) is 5.75 Å². The Morgan fingerprint density at radius 1 is 1.50 bits per heavy atom. The molecule has 1 saturated carbocycles. The van der Waals surface area contributed by atoms with Crippen LogP contribution in [-0.4, -0.2) is 11.7 Å². The molecule has 1 aliphatic carbocycles. The molecule has 0 amide bonds. The van der Waals surface area contributed by atoms with Crippen molar-refractivity contribution in [3.63, 3.8) is 0 Å². The third kappa shape index (κ3) is 2.22. The predicted octanol–water partition coefficient (Wildman–Crippen LogP) is 3.16. The first-order chi connectivity index (χ1) is 7.54. The smallest absolute Gasteiger partial charge is 0.119 e. The van der Waals surface area contributed by atoms with Gasteiger partial charge in [-0.15, -0.1) is 0 Å². The van der Waals surface area contributed by atoms with Crippen molar-refractivity contribution in [1.29, 1.82) is 0 Å². The van der Waals surface area contributed by atoms with Crippen LogP contribution in [0.1, 0.15) is 38.9 Å². The number of ether oxygens (including phenoxy) is 1. The Labute approximate surface area is 97.3 Å². The molecule has 0 aromatic heterocycles. The number of hydrogen-bond acceptors (Lipinski definition) is 2. The Morgan fingerprint density at radius 3 is 2.75 bits per heavy atom. The third-order valence-corrected chi connectivity index (χ3v) is 3.48. The van der Waals surface area contributed by atoms with Gasteiger partial charge in [0.15, 0.2) is 0 Å². The molecule has 88 valence electrons. The molecule has 1 aliphatic rings. The molecule has 1 fully saturated rings. The molecule has 0 radical (unpaired) electrons. The number of aliphatic hydroxyl groups excluding tert-OH is 1. The average Bonchev–Trinajstić information content (AvgIpc) is 2.88. The minimum absolute atomic E-state index is 0.293. The van der Waals surface area contributed by atoms with Gasteiger partial charge < -0.3 is 9.84 Å². The van der Waals surface area contributed by atoms with Crippen LogP contribution in [0.2, 0.25) is 0 Å². The molecule has 1 aromatic carbocycles. The summed E-state index contributed by atoms with van der Waals surface area (Å²) in [6, 6.07) is 7.79. The molecular formula is C14H20O2. The highest BCUT2D eigenvalue weighted by Gasteiger charge is 2.50. The molecule has 1 N–H and O–H groups in total. The van der Waals surface area contributed by atoms with Crippen molar-refractivity contribution in [2.45, 2.75) is 33.3 Å². The molecule has 2 nitrogen and oxygen atoms in total. The molecule has 0 aliphatic heterocycles. The highest BCUT2D eigenvalue weighted by atomic mass is 16.5. The largest absolute Gasteiger partial charge is 0.494 e. The summed E-state index contributed by atoms with van der Waals surface area (Å²) in [5.74, 6) is 1.24. The van der Waals surface area contributed by atoms with Gasteiger partial charge in [0.1, 0.15) is 5.75 Å². The van der Waals surface area contributed by atoms with Crippen molar-refractivity contribution in [2.75, 3.05) is 6.61 Å². The summed E-state index contributed by atoms with van der Waals surface area (Å²) >= 11 is 0. The molecular weight excluding hydrogens is 200 g/mol. The highest BCUT2D eigenvalue weighted by Crippen LogP contribution is 2.57. The maximum atomic E-state index is 10.2. The van der Waals surface area contributed by atoms with E-state index in [1.54, 1.807) is 0 Å². The van der Waals surface area contributed by atoms with Gasteiger partial charge in [-0.3, -0.25) is 0 Å². The van der Waals surface area contributed by atoms with Gasteiger partial charge in [-0.1, -0.05) is 26.0 Å². The first kappa shape index (κ1) is 11.5. The zero-order chi connectivity index (χ0) is 11.8. The monoisotopic (exact) mass is 220 g/mol. The van der Waals surface area contributed by atoms with E-state index < -0.39 is 0 Å². The minimum atomic E-state index is -0.351. The van der Waals surface area contributed by atoms with E-state index in [2.05, 4.69) is 13.8 Å². The summed E-state index contributed by atoms with van der Waals surface area (Å²) in [5, 5.41) is 10.2. The van der Waals surface area contributed by atoms with E-state index in [1.807, 2.05) is 31.2 Å². The number of aliphatic hydroxyl groups is 1. The van der Waals surface area contributed by atoms with Crippen LogP contribution in [-0.2, 0) is 0 Å². The molecule has 2 atom stereocenters. The van der Waals surface area contributed by atoms with Gasteiger partial charge in [-0.05, 0) is 42.4 Å². The summed E-state index contributed by atoms with van der Waals surface area (Å²) in [6.45, 7) is 7.03. The fourth-order valence-corrected chi connectivity index (χ4v) is 2.23. The summed E-state index contributed by atoms with van der Waals surface area (Å²) in [4.78, 5) is 0. The fraction of sp³-hybridized carbons (Fsp3) is 0.571. The number of hydrogen-bond donors (Lipinski definition) is 1. The maximum absolute atomic E-state index is 10.2. The molecule has 0 spiro atoms. The Kier molecular flexibility index (Phi) is 2.94. The molecule has 2 unspecified atom stereocenters. The van der Waals surface area contributed by atoms with E-state index in [4.69, 9.17) is 4.74 Å². The topological polar surface area (TPSA) is 29.5 Å². The van der Waals surface area contributed by atoms with Gasteiger partial charge in [0.05, 0.1) is 12.7 Å². The molecule has 2 rings (SSSR count). The van der Waals surface area contributed by atoms with Crippen LogP contribution in [0.4, 0.5) is 0 Å². The van der Waals surface area contributed by atoms with E-state index in [9.17, 15) is 5.11 Å². The van der Waals surface area contributed by atoms with Crippen LogP contribution in [0.5, 0.6) is 5.75 Å². The van der Waals surface area contributed by atoms with Crippen LogP contribution in [0.25, 0.3) is 0 Å². The van der Waals surface area contributed by atoms with E-state index in [-0.39, 0.29) is 6.10 Å². The van der Waals surface area contributed by atoms with Crippen LogP contribution >= 0.6 is 0 Å². The lowest BCUT2D eigenvalue weighted by atomic mass is 9.99. The van der Waals surface area contributed by atoms with Gasteiger partial charge in [-0.25, -0.2) is 0 Å². The lowest BCUT2D eigenvalue weighted by Crippen LogP contribution is -2.05. The Hall–Kier alpha value is -1.02. The lowest BCUT2D eigenvalue weighted by molar-refractivity contribution is 0.138. The quantitative estimate of drug-likeness (QED) is 0.844. The van der Waals surface area contributed by atoms with Crippen LogP contribution in [0.3, 0.4) is 0 Å².